The standard InChI is InChI=1S/C24H20BrNO2/c1-2-28-21-13-15(12-18(25)24(21)27)22-17-8-5-9-19(17)26-20-11-10-14-6-3-4-7-16(14)23(20)22/h3-4,6-7,10-13,27H,2,5,8-9H2,1H3. The van der Waals surface area contributed by atoms with Crippen LogP contribution in [0.2, 0.25) is 0 Å². The van der Waals surface area contributed by atoms with Crippen LogP contribution >= 0.6 is 15.9 Å². The molecule has 1 aliphatic carbocycles. The van der Waals surface area contributed by atoms with Gasteiger partial charge >= 0.3 is 0 Å². The van der Waals surface area contributed by atoms with Crippen molar-refractivity contribution in [1.29, 1.82) is 0 Å². The van der Waals surface area contributed by atoms with Gasteiger partial charge in [0, 0.05) is 11.1 Å². The van der Waals surface area contributed by atoms with Gasteiger partial charge in [0.1, 0.15) is 0 Å². The number of ether oxygens (including phenoxy) is 1. The Labute approximate surface area is 172 Å². The van der Waals surface area contributed by atoms with Crippen LogP contribution in [0.15, 0.2) is 53.0 Å². The molecule has 0 unspecified atom stereocenters. The molecule has 0 bridgehead atoms. The number of aryl methyl sites for hydroxylation is 1. The Balaban J connectivity index is 1.93. The summed E-state index contributed by atoms with van der Waals surface area (Å²) in [5.41, 5.74) is 5.81. The predicted molar refractivity (Wildman–Crippen MR) is 117 cm³/mol. The molecule has 4 aromatic rings. The maximum absolute atomic E-state index is 10.4. The van der Waals surface area contributed by atoms with Gasteiger partial charge in [-0.05, 0) is 87.8 Å². The molecule has 0 spiro atoms. The number of fused-ring (bicyclic) bond motifs is 4. The molecule has 0 saturated carbocycles. The van der Waals surface area contributed by atoms with E-state index in [9.17, 15) is 5.11 Å². The fourth-order valence-electron chi connectivity index (χ4n) is 4.33. The first-order chi connectivity index (χ1) is 13.7. The van der Waals surface area contributed by atoms with Crippen LogP contribution < -0.4 is 4.74 Å². The average Bonchev–Trinajstić information content (AvgIpc) is 3.17. The van der Waals surface area contributed by atoms with E-state index >= 15 is 0 Å². The minimum Gasteiger partial charge on any atom is -0.503 e. The van der Waals surface area contributed by atoms with Crippen molar-refractivity contribution in [2.45, 2.75) is 26.2 Å². The number of rotatable bonds is 3. The highest BCUT2D eigenvalue weighted by atomic mass is 79.9. The van der Waals surface area contributed by atoms with Crippen molar-refractivity contribution in [2.75, 3.05) is 6.61 Å². The smallest absolute Gasteiger partial charge is 0.172 e. The van der Waals surface area contributed by atoms with Crippen molar-refractivity contribution in [3.63, 3.8) is 0 Å². The normalized spacial score (nSPS) is 13.2. The van der Waals surface area contributed by atoms with Gasteiger partial charge < -0.3 is 9.84 Å². The molecule has 1 aromatic heterocycles. The van der Waals surface area contributed by atoms with Crippen molar-refractivity contribution >= 4 is 37.6 Å². The number of aromatic nitrogens is 1. The summed E-state index contributed by atoms with van der Waals surface area (Å²) < 4.78 is 6.35. The Hall–Kier alpha value is -2.59. The first kappa shape index (κ1) is 17.5. The molecule has 0 radical (unpaired) electrons. The van der Waals surface area contributed by atoms with Gasteiger partial charge in [0.2, 0.25) is 0 Å². The summed E-state index contributed by atoms with van der Waals surface area (Å²) in [5, 5.41) is 14.0. The molecule has 0 atom stereocenters. The maximum Gasteiger partial charge on any atom is 0.172 e. The molecule has 28 heavy (non-hydrogen) atoms. The molecule has 140 valence electrons. The third-order valence-electron chi connectivity index (χ3n) is 5.52. The highest BCUT2D eigenvalue weighted by molar-refractivity contribution is 9.10. The van der Waals surface area contributed by atoms with Crippen molar-refractivity contribution in [3.05, 3.63) is 64.3 Å². The Morgan fingerprint density at radius 2 is 1.96 bits per heavy atom. The molecule has 0 aliphatic heterocycles. The van der Waals surface area contributed by atoms with Crippen molar-refractivity contribution in [2.24, 2.45) is 0 Å². The zero-order chi connectivity index (χ0) is 19.3. The molecule has 3 aromatic carbocycles. The second kappa shape index (κ2) is 6.78. The zero-order valence-corrected chi connectivity index (χ0v) is 17.2. The van der Waals surface area contributed by atoms with Crippen LogP contribution in [-0.2, 0) is 12.8 Å². The molecular weight excluding hydrogens is 414 g/mol. The first-order valence-electron chi connectivity index (χ1n) is 9.66. The minimum absolute atomic E-state index is 0.144. The summed E-state index contributed by atoms with van der Waals surface area (Å²) >= 11 is 3.51. The molecule has 0 fully saturated rings. The number of nitrogens with zero attached hydrogens (tertiary/aromatic N) is 1. The lowest BCUT2D eigenvalue weighted by atomic mass is 9.91. The SMILES string of the molecule is CCOc1cc(-c2c3c(nc4ccc5ccccc5c24)CCC3)cc(Br)c1O. The van der Waals surface area contributed by atoms with E-state index < -0.39 is 0 Å². The van der Waals surface area contributed by atoms with Gasteiger partial charge in [-0.25, -0.2) is 0 Å². The lowest BCUT2D eigenvalue weighted by Crippen LogP contribution is -1.98. The van der Waals surface area contributed by atoms with Crippen LogP contribution in [0.5, 0.6) is 11.5 Å². The Morgan fingerprint density at radius 3 is 2.82 bits per heavy atom. The molecule has 0 amide bonds. The fraction of sp³-hybridized carbons (Fsp3) is 0.208. The largest absolute Gasteiger partial charge is 0.503 e. The lowest BCUT2D eigenvalue weighted by Gasteiger charge is -2.17. The van der Waals surface area contributed by atoms with Crippen LogP contribution in [0.3, 0.4) is 0 Å². The van der Waals surface area contributed by atoms with Crippen LogP contribution in [0, 0.1) is 0 Å². The third kappa shape index (κ3) is 2.67. The lowest BCUT2D eigenvalue weighted by molar-refractivity contribution is 0.317. The summed E-state index contributed by atoms with van der Waals surface area (Å²) in [6.07, 6.45) is 3.17. The number of halogens is 1. The Bertz CT molecular complexity index is 1230. The van der Waals surface area contributed by atoms with E-state index in [1.165, 1.54) is 33.0 Å². The second-order valence-corrected chi connectivity index (χ2v) is 8.04. The molecule has 1 N–H and O–H groups in total. The van der Waals surface area contributed by atoms with E-state index in [1.54, 1.807) is 0 Å². The molecule has 3 nitrogen and oxygen atoms in total. The van der Waals surface area contributed by atoms with E-state index in [4.69, 9.17) is 9.72 Å². The number of aromatic hydroxyl groups is 1. The van der Waals surface area contributed by atoms with Gasteiger partial charge in [0.25, 0.3) is 0 Å². The number of hydrogen-bond acceptors (Lipinski definition) is 3. The molecule has 1 aliphatic rings. The number of pyridine rings is 1. The van der Waals surface area contributed by atoms with E-state index in [0.29, 0.717) is 16.8 Å². The monoisotopic (exact) mass is 433 g/mol. The Kier molecular flexibility index (Phi) is 4.24. The van der Waals surface area contributed by atoms with Gasteiger partial charge in [0.05, 0.1) is 16.6 Å². The van der Waals surface area contributed by atoms with Gasteiger partial charge in [-0.15, -0.1) is 0 Å². The molecule has 0 saturated heterocycles. The van der Waals surface area contributed by atoms with Crippen LogP contribution in [0.25, 0.3) is 32.8 Å². The third-order valence-corrected chi connectivity index (χ3v) is 6.12. The van der Waals surface area contributed by atoms with Gasteiger partial charge in [-0.2, -0.15) is 0 Å². The molecular formula is C24H20BrNO2. The van der Waals surface area contributed by atoms with E-state index in [0.717, 1.165) is 30.3 Å². The van der Waals surface area contributed by atoms with Crippen LogP contribution in [0.4, 0.5) is 0 Å². The summed E-state index contributed by atoms with van der Waals surface area (Å²) in [4.78, 5) is 5.00. The zero-order valence-electron chi connectivity index (χ0n) is 15.6. The second-order valence-electron chi connectivity index (χ2n) is 7.18. The highest BCUT2D eigenvalue weighted by Crippen LogP contribution is 2.45. The van der Waals surface area contributed by atoms with Crippen molar-refractivity contribution < 1.29 is 9.84 Å². The molecule has 5 rings (SSSR count). The summed E-state index contributed by atoms with van der Waals surface area (Å²) in [5.74, 6) is 0.647. The van der Waals surface area contributed by atoms with Gasteiger partial charge in [-0.3, -0.25) is 4.98 Å². The first-order valence-corrected chi connectivity index (χ1v) is 10.5. The number of phenolic OH excluding ortho intramolecular Hbond substituents is 1. The quantitative estimate of drug-likeness (QED) is 0.379. The summed E-state index contributed by atoms with van der Waals surface area (Å²) in [7, 11) is 0. The van der Waals surface area contributed by atoms with E-state index in [-0.39, 0.29) is 5.75 Å². The predicted octanol–water partition coefficient (Wildman–Crippen LogP) is 6.41. The molecule has 1 heterocycles. The topological polar surface area (TPSA) is 42.4 Å². The summed E-state index contributed by atoms with van der Waals surface area (Å²) in [6, 6.07) is 16.7. The fourth-order valence-corrected chi connectivity index (χ4v) is 4.78. The van der Waals surface area contributed by atoms with Gasteiger partial charge in [-0.1, -0.05) is 30.3 Å². The van der Waals surface area contributed by atoms with E-state index in [1.807, 2.05) is 19.1 Å². The number of phenols is 1. The average molecular weight is 434 g/mol. The highest BCUT2D eigenvalue weighted by Gasteiger charge is 2.23. The number of hydrogen-bond donors (Lipinski definition) is 1. The van der Waals surface area contributed by atoms with Crippen LogP contribution in [0.1, 0.15) is 24.6 Å². The molecule has 4 heteroatoms. The minimum atomic E-state index is 0.144. The Morgan fingerprint density at radius 1 is 1.11 bits per heavy atom. The summed E-state index contributed by atoms with van der Waals surface area (Å²) in [6.45, 7) is 2.43. The van der Waals surface area contributed by atoms with Crippen molar-refractivity contribution in [1.82, 2.24) is 4.98 Å². The number of benzene rings is 3. The van der Waals surface area contributed by atoms with Crippen LogP contribution in [-0.4, -0.2) is 16.7 Å². The van der Waals surface area contributed by atoms with E-state index in [2.05, 4.69) is 52.3 Å². The van der Waals surface area contributed by atoms with Gasteiger partial charge in [0.15, 0.2) is 11.5 Å². The maximum atomic E-state index is 10.4. The van der Waals surface area contributed by atoms with Crippen molar-refractivity contribution in [3.8, 4) is 22.6 Å².